The molecule has 0 atom stereocenters. The summed E-state index contributed by atoms with van der Waals surface area (Å²) in [4.78, 5) is 21.2. The summed E-state index contributed by atoms with van der Waals surface area (Å²) < 4.78 is 5.72. The summed E-state index contributed by atoms with van der Waals surface area (Å²) in [6.45, 7) is 0.403. The normalized spacial score (nSPS) is 13.8. The van der Waals surface area contributed by atoms with Gasteiger partial charge >= 0.3 is 0 Å². The monoisotopic (exact) mass is 415 g/mol. The first-order valence-corrected chi connectivity index (χ1v) is 11.2. The van der Waals surface area contributed by atoms with Gasteiger partial charge in [0.2, 0.25) is 0 Å². The van der Waals surface area contributed by atoms with Crippen molar-refractivity contribution in [1.82, 2.24) is 9.97 Å². The topological polar surface area (TPSA) is 64.1 Å². The van der Waals surface area contributed by atoms with E-state index in [1.807, 2.05) is 54.6 Å². The lowest BCUT2D eigenvalue weighted by atomic mass is 9.98. The van der Waals surface area contributed by atoms with Crippen molar-refractivity contribution >= 4 is 17.3 Å². The Bertz CT molecular complexity index is 967. The molecular weight excluding hydrogens is 386 g/mol. The number of ketones is 1. The molecule has 1 aromatic carbocycles. The lowest BCUT2D eigenvalue weighted by molar-refractivity contribution is 0.0977. The number of pyridine rings is 2. The number of aromatic nitrogens is 2. The Morgan fingerprint density at radius 1 is 1.03 bits per heavy atom. The largest absolute Gasteiger partial charge is 0.486 e. The van der Waals surface area contributed by atoms with E-state index in [2.05, 4.69) is 15.3 Å². The third kappa shape index (κ3) is 6.38. The number of hydrogen-bond donors (Lipinski definition) is 1. The maximum absolute atomic E-state index is 12.6. The van der Waals surface area contributed by atoms with Crippen LogP contribution in [-0.2, 0) is 6.61 Å². The summed E-state index contributed by atoms with van der Waals surface area (Å²) in [5.74, 6) is 2.44. The van der Waals surface area contributed by atoms with Crippen molar-refractivity contribution in [3.05, 3.63) is 78.2 Å². The van der Waals surface area contributed by atoms with Crippen molar-refractivity contribution in [1.29, 1.82) is 0 Å². The zero-order valence-electron chi connectivity index (χ0n) is 17.8. The number of nitrogens with one attached hydrogen (secondary N) is 1. The predicted molar refractivity (Wildman–Crippen MR) is 123 cm³/mol. The molecular formula is C26H29N3O2. The van der Waals surface area contributed by atoms with Gasteiger partial charge in [-0.2, -0.15) is 0 Å². The van der Waals surface area contributed by atoms with Crippen LogP contribution in [0.3, 0.4) is 0 Å². The Kier molecular flexibility index (Phi) is 7.27. The molecule has 0 spiro atoms. The van der Waals surface area contributed by atoms with Crippen LogP contribution in [0.25, 0.3) is 0 Å². The summed E-state index contributed by atoms with van der Waals surface area (Å²) in [6, 6.07) is 17.1. The number of Topliss-reactive ketones (excluding diaryl/α,β-unsaturated/α-hetero) is 1. The van der Waals surface area contributed by atoms with Gasteiger partial charge in [-0.25, -0.2) is 4.98 Å². The van der Waals surface area contributed by atoms with Crippen LogP contribution in [-0.4, -0.2) is 15.8 Å². The molecule has 5 nitrogen and oxygen atoms in total. The van der Waals surface area contributed by atoms with Crippen LogP contribution >= 0.6 is 0 Å². The highest BCUT2D eigenvalue weighted by molar-refractivity contribution is 5.97. The second kappa shape index (κ2) is 10.7. The fraction of sp³-hybridized carbons (Fsp3) is 0.346. The highest BCUT2D eigenvalue weighted by Gasteiger charge is 2.15. The number of hydrogen-bond acceptors (Lipinski definition) is 5. The van der Waals surface area contributed by atoms with Crippen LogP contribution in [0, 0.1) is 5.92 Å². The Labute approximate surface area is 183 Å². The van der Waals surface area contributed by atoms with E-state index < -0.39 is 0 Å². The zero-order chi connectivity index (χ0) is 21.3. The van der Waals surface area contributed by atoms with Crippen LogP contribution < -0.4 is 10.1 Å². The van der Waals surface area contributed by atoms with Crippen LogP contribution in [0.1, 0.15) is 61.0 Å². The molecule has 31 heavy (non-hydrogen) atoms. The summed E-state index contributed by atoms with van der Waals surface area (Å²) in [6.07, 6.45) is 11.6. The average Bonchev–Trinajstić information content (AvgIpc) is 3.33. The van der Waals surface area contributed by atoms with Crippen molar-refractivity contribution in [2.75, 3.05) is 5.32 Å². The highest BCUT2D eigenvalue weighted by atomic mass is 16.5. The first-order valence-electron chi connectivity index (χ1n) is 11.2. The molecule has 2 aromatic heterocycles. The van der Waals surface area contributed by atoms with Crippen molar-refractivity contribution in [2.24, 2.45) is 5.92 Å². The number of nitrogens with zero attached hydrogens (tertiary/aromatic N) is 2. The van der Waals surface area contributed by atoms with E-state index >= 15 is 0 Å². The maximum atomic E-state index is 12.6. The van der Waals surface area contributed by atoms with Gasteiger partial charge in [0, 0.05) is 23.9 Å². The van der Waals surface area contributed by atoms with Gasteiger partial charge in [-0.05, 0) is 48.7 Å². The minimum atomic E-state index is 0.216. The second-order valence-corrected chi connectivity index (χ2v) is 8.16. The number of rotatable bonds is 10. The van der Waals surface area contributed by atoms with Gasteiger partial charge in [0.15, 0.2) is 5.78 Å². The van der Waals surface area contributed by atoms with Gasteiger partial charge in [0.25, 0.3) is 0 Å². The molecule has 1 aliphatic rings. The third-order valence-corrected chi connectivity index (χ3v) is 5.80. The van der Waals surface area contributed by atoms with E-state index in [-0.39, 0.29) is 5.78 Å². The van der Waals surface area contributed by atoms with E-state index in [9.17, 15) is 4.79 Å². The van der Waals surface area contributed by atoms with Crippen LogP contribution in [0.2, 0.25) is 0 Å². The van der Waals surface area contributed by atoms with E-state index in [1.165, 1.54) is 32.1 Å². The third-order valence-electron chi connectivity index (χ3n) is 5.80. The number of carbonyl (C=O) groups excluding carboxylic acids is 1. The van der Waals surface area contributed by atoms with Gasteiger partial charge in [-0.3, -0.25) is 9.78 Å². The van der Waals surface area contributed by atoms with E-state index in [1.54, 1.807) is 12.4 Å². The first kappa shape index (κ1) is 21.0. The summed E-state index contributed by atoms with van der Waals surface area (Å²) in [5.41, 5.74) is 2.48. The molecule has 3 aromatic rings. The van der Waals surface area contributed by atoms with Crippen molar-refractivity contribution in [3.63, 3.8) is 0 Å². The molecule has 1 saturated carbocycles. The van der Waals surface area contributed by atoms with Crippen LogP contribution in [0.5, 0.6) is 5.75 Å². The number of anilines is 2. The van der Waals surface area contributed by atoms with Crippen molar-refractivity contribution in [3.8, 4) is 5.75 Å². The molecule has 0 saturated heterocycles. The fourth-order valence-corrected chi connectivity index (χ4v) is 4.09. The van der Waals surface area contributed by atoms with Crippen LogP contribution in [0.4, 0.5) is 11.5 Å². The number of benzene rings is 1. The van der Waals surface area contributed by atoms with Gasteiger partial charge in [0.05, 0.1) is 11.9 Å². The van der Waals surface area contributed by atoms with Gasteiger partial charge in [-0.15, -0.1) is 0 Å². The van der Waals surface area contributed by atoms with Gasteiger partial charge in [0.1, 0.15) is 18.2 Å². The average molecular weight is 416 g/mol. The summed E-state index contributed by atoms with van der Waals surface area (Å²) in [7, 11) is 0. The Morgan fingerprint density at radius 3 is 2.71 bits per heavy atom. The molecule has 2 heterocycles. The highest BCUT2D eigenvalue weighted by Crippen LogP contribution is 2.29. The summed E-state index contributed by atoms with van der Waals surface area (Å²) in [5, 5.41) is 3.27. The number of ether oxygens (including phenoxy) is 1. The SMILES string of the molecule is O=C(CCCC1CCCC1)c1cccc(Nc2ccc(OCc3ccccn3)cn2)c1. The lowest BCUT2D eigenvalue weighted by Gasteiger charge is -2.10. The van der Waals surface area contributed by atoms with E-state index in [0.29, 0.717) is 24.6 Å². The van der Waals surface area contributed by atoms with E-state index in [0.717, 1.165) is 29.3 Å². The molecule has 1 N–H and O–H groups in total. The Morgan fingerprint density at radius 2 is 1.94 bits per heavy atom. The molecule has 1 aliphatic carbocycles. The smallest absolute Gasteiger partial charge is 0.162 e. The molecule has 4 rings (SSSR count). The summed E-state index contributed by atoms with van der Waals surface area (Å²) >= 11 is 0. The Balaban J connectivity index is 1.28. The quantitative estimate of drug-likeness (QED) is 0.391. The molecule has 0 aliphatic heterocycles. The predicted octanol–water partition coefficient (Wildman–Crippen LogP) is 6.34. The minimum absolute atomic E-state index is 0.216. The van der Waals surface area contributed by atoms with Crippen LogP contribution in [0.15, 0.2) is 67.0 Å². The molecule has 0 bridgehead atoms. The molecule has 0 amide bonds. The van der Waals surface area contributed by atoms with Gasteiger partial charge in [-0.1, -0.05) is 50.3 Å². The first-order chi connectivity index (χ1) is 15.3. The minimum Gasteiger partial charge on any atom is -0.486 e. The molecule has 5 heteroatoms. The molecule has 1 fully saturated rings. The lowest BCUT2D eigenvalue weighted by Crippen LogP contribution is -2.02. The maximum Gasteiger partial charge on any atom is 0.162 e. The number of carbonyl (C=O) groups is 1. The molecule has 0 unspecified atom stereocenters. The fourth-order valence-electron chi connectivity index (χ4n) is 4.09. The van der Waals surface area contributed by atoms with Crippen molar-refractivity contribution in [2.45, 2.75) is 51.6 Å². The van der Waals surface area contributed by atoms with Crippen molar-refractivity contribution < 1.29 is 9.53 Å². The standard InChI is InChI=1S/C26H29N3O2/c30-25(13-5-9-20-7-1-2-8-20)21-10-6-12-22(17-21)29-26-15-14-24(18-28-26)31-19-23-11-3-4-16-27-23/h3-4,6,10-12,14-18,20H,1-2,5,7-9,13,19H2,(H,28,29). The molecule has 0 radical (unpaired) electrons. The van der Waals surface area contributed by atoms with E-state index in [4.69, 9.17) is 4.74 Å². The zero-order valence-corrected chi connectivity index (χ0v) is 17.8. The van der Waals surface area contributed by atoms with Gasteiger partial charge < -0.3 is 10.1 Å². The molecule has 160 valence electrons. The second-order valence-electron chi connectivity index (χ2n) is 8.16. The Hall–Kier alpha value is -3.21.